The van der Waals surface area contributed by atoms with E-state index in [0.29, 0.717) is 13.0 Å². The first kappa shape index (κ1) is 64.8. The first-order chi connectivity index (χ1) is 33.6. The van der Waals surface area contributed by atoms with Crippen molar-refractivity contribution in [1.29, 1.82) is 0 Å². The van der Waals surface area contributed by atoms with Crippen LogP contribution in [-0.4, -0.2) is 97.5 Å². The Labute approximate surface area is 420 Å². The van der Waals surface area contributed by atoms with E-state index in [-0.39, 0.29) is 19.6 Å². The van der Waals surface area contributed by atoms with Crippen LogP contribution < -0.4 is 0 Å². The molecule has 1 rings (SSSR count). The first-order valence-corrected chi connectivity index (χ1v) is 28.9. The fourth-order valence-electron chi connectivity index (χ4n) is 8.29. The summed E-state index contributed by atoms with van der Waals surface area (Å²) in [6.45, 7) is 3.90. The van der Waals surface area contributed by atoms with Gasteiger partial charge in [0.05, 0.1) is 19.8 Å². The Morgan fingerprint density at radius 2 is 1.00 bits per heavy atom. The van der Waals surface area contributed by atoms with Gasteiger partial charge in [-0.15, -0.1) is 0 Å². The number of unbranched alkanes of at least 4 members (excludes halogenated alkanes) is 25. The van der Waals surface area contributed by atoms with E-state index in [4.69, 9.17) is 18.9 Å². The van der Waals surface area contributed by atoms with Gasteiger partial charge in [0.2, 0.25) is 0 Å². The average Bonchev–Trinajstić information content (AvgIpc) is 3.32. The van der Waals surface area contributed by atoms with Crippen molar-refractivity contribution in [2.45, 2.75) is 263 Å². The van der Waals surface area contributed by atoms with Crippen molar-refractivity contribution in [2.24, 2.45) is 0 Å². The third kappa shape index (κ3) is 40.0. The molecule has 0 aromatic carbocycles. The molecule has 1 fully saturated rings. The Morgan fingerprint density at radius 3 is 1.46 bits per heavy atom. The number of aliphatic hydroxyl groups excluding tert-OH is 3. The second-order valence-electron chi connectivity index (χ2n) is 18.8. The van der Waals surface area contributed by atoms with Crippen LogP contribution in [-0.2, 0) is 38.3 Å². The first-order valence-electron chi connectivity index (χ1n) is 27.5. The van der Waals surface area contributed by atoms with Crippen LogP contribution in [0.4, 0.5) is 0 Å². The molecular weight excluding hydrogens is 897 g/mol. The second-order valence-corrected chi connectivity index (χ2v) is 19.8. The topological polar surface area (TPSA) is 178 Å². The molecular formula is C56H100O12S. The maximum absolute atomic E-state index is 12.9. The van der Waals surface area contributed by atoms with E-state index in [1.54, 1.807) is 0 Å². The maximum Gasteiger partial charge on any atom is 0.397 e. The molecule has 6 unspecified atom stereocenters. The number of ether oxygens (including phenoxy) is 4. The molecule has 4 N–H and O–H groups in total. The van der Waals surface area contributed by atoms with Gasteiger partial charge in [-0.3, -0.25) is 9.35 Å². The number of hydrogen-bond donors (Lipinski definition) is 4. The monoisotopic (exact) mass is 997 g/mol. The van der Waals surface area contributed by atoms with Crippen molar-refractivity contribution >= 4 is 16.4 Å². The summed E-state index contributed by atoms with van der Waals surface area (Å²) in [7, 11) is -5.07. The van der Waals surface area contributed by atoms with Crippen molar-refractivity contribution in [3.63, 3.8) is 0 Å². The Morgan fingerprint density at radius 1 is 0.565 bits per heavy atom. The van der Waals surface area contributed by atoms with E-state index in [1.165, 1.54) is 116 Å². The highest BCUT2D eigenvalue weighted by molar-refractivity contribution is 7.80. The smallest absolute Gasteiger partial charge is 0.397 e. The van der Waals surface area contributed by atoms with E-state index >= 15 is 0 Å². The van der Waals surface area contributed by atoms with Gasteiger partial charge in [0.25, 0.3) is 0 Å². The summed E-state index contributed by atoms with van der Waals surface area (Å²) in [5, 5.41) is 30.8. The Hall–Kier alpha value is -2.20. The molecule has 1 saturated heterocycles. The summed E-state index contributed by atoms with van der Waals surface area (Å²) in [5.41, 5.74) is 0. The molecule has 0 aliphatic carbocycles. The van der Waals surface area contributed by atoms with Crippen molar-refractivity contribution in [3.05, 3.63) is 60.8 Å². The lowest BCUT2D eigenvalue weighted by Crippen LogP contribution is -2.60. The molecule has 6 atom stereocenters. The van der Waals surface area contributed by atoms with E-state index in [2.05, 4.69) is 78.8 Å². The number of aliphatic hydroxyl groups is 3. The molecule has 0 amide bonds. The largest absolute Gasteiger partial charge is 0.457 e. The molecule has 0 spiro atoms. The molecule has 0 bridgehead atoms. The van der Waals surface area contributed by atoms with Crippen LogP contribution >= 0.6 is 0 Å². The summed E-state index contributed by atoms with van der Waals surface area (Å²) in [5.74, 6) is -0.408. The number of allylic oxidation sites excluding steroid dienone is 10. The third-order valence-corrected chi connectivity index (χ3v) is 12.9. The van der Waals surface area contributed by atoms with Crippen molar-refractivity contribution in [2.75, 3.05) is 26.4 Å². The minimum atomic E-state index is -5.07. The second kappa shape index (κ2) is 46.8. The van der Waals surface area contributed by atoms with Crippen LogP contribution in [0.25, 0.3) is 0 Å². The van der Waals surface area contributed by atoms with Gasteiger partial charge in [-0.2, -0.15) is 8.42 Å². The van der Waals surface area contributed by atoms with Gasteiger partial charge in [-0.25, -0.2) is 4.18 Å². The van der Waals surface area contributed by atoms with Crippen molar-refractivity contribution in [3.8, 4) is 0 Å². The molecule has 0 aromatic rings. The molecule has 1 aliphatic rings. The highest BCUT2D eigenvalue weighted by atomic mass is 32.3. The standard InChI is InChI=1S/C56H100O12S/c1-3-5-7-9-11-13-15-17-19-21-23-24-25-26-27-29-31-33-35-37-39-41-43-45-52(58)66-50(49-65-56-54(60)55(68-69(61,62)63)53(59)51(47-57)67-56)48-64-46-44-42-40-38-36-34-32-30-28-22-20-18-16-14-12-10-8-6-4-2/h5,7,11,13,17,19,23-24,26-27,50-51,53-57,59-60H,3-4,6,8-10,12,14-16,18,20-22,25,28-49H2,1-2H3,(H,61,62,63)/b7-5-,13-11-,19-17-,24-23-,27-26-. The SMILES string of the molecule is CC/C=C\C/C=C\C/C=C\C/C=C\C/C=C\CCCCCCCCCC(=O)OC(COCCCCCCCCCCCCCCCCCCCCC)COC1OC(CO)C(O)C(OS(=O)(=O)O)C1O. The van der Waals surface area contributed by atoms with Gasteiger partial charge < -0.3 is 34.3 Å². The van der Waals surface area contributed by atoms with Gasteiger partial charge >= 0.3 is 16.4 Å². The predicted molar refractivity (Wildman–Crippen MR) is 280 cm³/mol. The van der Waals surface area contributed by atoms with Crippen molar-refractivity contribution in [1.82, 2.24) is 0 Å². The predicted octanol–water partition coefficient (Wildman–Crippen LogP) is 13.3. The molecule has 13 heteroatoms. The van der Waals surface area contributed by atoms with E-state index < -0.39 is 59.8 Å². The summed E-state index contributed by atoms with van der Waals surface area (Å²) in [6.07, 6.45) is 51.1. The quantitative estimate of drug-likeness (QED) is 0.0197. The Kier molecular flexibility index (Phi) is 44.0. The Balaban J connectivity index is 2.34. The lowest BCUT2D eigenvalue weighted by atomic mass is 9.99. The van der Waals surface area contributed by atoms with Crippen LogP contribution in [0.1, 0.15) is 226 Å². The normalized spacial score (nSPS) is 19.7. The van der Waals surface area contributed by atoms with Crippen LogP contribution in [0, 0.1) is 0 Å². The summed E-state index contributed by atoms with van der Waals surface area (Å²) >= 11 is 0. The summed E-state index contributed by atoms with van der Waals surface area (Å²) in [4.78, 5) is 12.9. The van der Waals surface area contributed by atoms with Crippen LogP contribution in [0.15, 0.2) is 60.8 Å². The Bertz CT molecular complexity index is 1430. The van der Waals surface area contributed by atoms with Gasteiger partial charge in [0.15, 0.2) is 6.29 Å². The number of carbonyl (C=O) groups excluding carboxylic acids is 1. The average molecular weight is 997 g/mol. The number of rotatable bonds is 48. The summed E-state index contributed by atoms with van der Waals surface area (Å²) < 4.78 is 59.4. The zero-order chi connectivity index (χ0) is 50.3. The molecule has 12 nitrogen and oxygen atoms in total. The van der Waals surface area contributed by atoms with Gasteiger partial charge in [0.1, 0.15) is 30.5 Å². The molecule has 402 valence electrons. The maximum atomic E-state index is 12.9. The highest BCUT2D eigenvalue weighted by Gasteiger charge is 2.48. The lowest BCUT2D eigenvalue weighted by Gasteiger charge is -2.41. The van der Waals surface area contributed by atoms with Gasteiger partial charge in [-0.05, 0) is 57.8 Å². The van der Waals surface area contributed by atoms with Crippen molar-refractivity contribution < 1.29 is 56.2 Å². The molecule has 0 aromatic heterocycles. The number of esters is 1. The highest BCUT2D eigenvalue weighted by Crippen LogP contribution is 2.26. The minimum absolute atomic E-state index is 0.0320. The fraction of sp³-hybridized carbons (Fsp3) is 0.804. The number of hydrogen-bond acceptors (Lipinski definition) is 11. The minimum Gasteiger partial charge on any atom is -0.457 e. The van der Waals surface area contributed by atoms with Crippen LogP contribution in [0.5, 0.6) is 0 Å². The lowest BCUT2D eigenvalue weighted by molar-refractivity contribution is -0.301. The summed E-state index contributed by atoms with van der Waals surface area (Å²) in [6, 6.07) is 0. The molecule has 1 heterocycles. The van der Waals surface area contributed by atoms with Gasteiger partial charge in [0, 0.05) is 13.0 Å². The molecule has 1 aliphatic heterocycles. The van der Waals surface area contributed by atoms with Crippen LogP contribution in [0.3, 0.4) is 0 Å². The van der Waals surface area contributed by atoms with E-state index in [9.17, 15) is 33.1 Å². The molecule has 0 radical (unpaired) electrons. The van der Waals surface area contributed by atoms with E-state index in [1.807, 2.05) is 0 Å². The third-order valence-electron chi connectivity index (χ3n) is 12.4. The zero-order valence-electron chi connectivity index (χ0n) is 43.4. The molecule has 69 heavy (non-hydrogen) atoms. The van der Waals surface area contributed by atoms with E-state index in [0.717, 1.165) is 83.5 Å². The van der Waals surface area contributed by atoms with Crippen LogP contribution in [0.2, 0.25) is 0 Å². The number of carbonyl (C=O) groups is 1. The zero-order valence-corrected chi connectivity index (χ0v) is 44.2. The van der Waals surface area contributed by atoms with Gasteiger partial charge in [-0.1, -0.05) is 222 Å². The molecule has 0 saturated carbocycles. The fourth-order valence-corrected chi connectivity index (χ4v) is 8.80.